The molecular weight excluding hydrogens is 490 g/mol. The number of carbonyl (C=O) groups excluding carboxylic acids is 1. The van der Waals surface area contributed by atoms with Crippen molar-refractivity contribution in [3.8, 4) is 0 Å². The Bertz CT molecular complexity index is 2020. The standard InChI is InChI=1S/C34H24F2N2O/c1-18-22-10-5-8-14-28(22)38-31(18)29(24-16-15-20(35)17-26(24)36)30-32(39)23-11-3-6-12-25(23)34(30,38)33-19(2)21-9-4-7-13-27(21)37-33/h3-17,29-30,37H,1-2H3. The summed E-state index contributed by atoms with van der Waals surface area (Å²) in [5, 5.41) is 2.15. The maximum Gasteiger partial charge on any atom is 0.170 e. The number of carbonyl (C=O) groups is 1. The Morgan fingerprint density at radius 3 is 2.33 bits per heavy atom. The van der Waals surface area contributed by atoms with Crippen molar-refractivity contribution in [2.45, 2.75) is 25.3 Å². The zero-order valence-corrected chi connectivity index (χ0v) is 21.4. The lowest BCUT2D eigenvalue weighted by atomic mass is 9.72. The van der Waals surface area contributed by atoms with Crippen molar-refractivity contribution in [3.63, 3.8) is 0 Å². The van der Waals surface area contributed by atoms with E-state index < -0.39 is 29.0 Å². The minimum absolute atomic E-state index is 0.0236. The molecule has 3 heterocycles. The summed E-state index contributed by atoms with van der Waals surface area (Å²) in [6.07, 6.45) is 0. The highest BCUT2D eigenvalue weighted by atomic mass is 19.1. The van der Waals surface area contributed by atoms with Crippen LogP contribution in [0.5, 0.6) is 0 Å². The molecule has 2 aliphatic rings. The van der Waals surface area contributed by atoms with E-state index in [9.17, 15) is 9.18 Å². The Hall–Kier alpha value is -4.51. The molecule has 0 spiro atoms. The second kappa shape index (κ2) is 7.54. The van der Waals surface area contributed by atoms with Crippen molar-refractivity contribution in [1.29, 1.82) is 0 Å². The number of aromatic nitrogens is 2. The van der Waals surface area contributed by atoms with Crippen molar-refractivity contribution in [2.24, 2.45) is 5.92 Å². The minimum Gasteiger partial charge on any atom is -0.356 e. The molecular formula is C34H24F2N2O. The predicted molar refractivity (Wildman–Crippen MR) is 148 cm³/mol. The molecule has 1 aliphatic heterocycles. The number of Topliss-reactive ketones (excluding diaryl/α,β-unsaturated/α-hetero) is 1. The first-order valence-corrected chi connectivity index (χ1v) is 13.2. The van der Waals surface area contributed by atoms with Crippen LogP contribution in [0.4, 0.5) is 8.78 Å². The number of hydrogen-bond donors (Lipinski definition) is 1. The summed E-state index contributed by atoms with van der Waals surface area (Å²) in [4.78, 5) is 18.2. The maximum absolute atomic E-state index is 15.7. The van der Waals surface area contributed by atoms with E-state index in [4.69, 9.17) is 0 Å². The highest BCUT2D eigenvalue weighted by molar-refractivity contribution is 6.08. The highest BCUT2D eigenvalue weighted by Crippen LogP contribution is 2.63. The van der Waals surface area contributed by atoms with Crippen molar-refractivity contribution in [1.82, 2.24) is 9.55 Å². The lowest BCUT2D eigenvalue weighted by Gasteiger charge is -2.34. The van der Waals surface area contributed by atoms with E-state index in [-0.39, 0.29) is 5.78 Å². The van der Waals surface area contributed by atoms with E-state index in [1.54, 1.807) is 0 Å². The summed E-state index contributed by atoms with van der Waals surface area (Å²) < 4.78 is 32.1. The highest BCUT2D eigenvalue weighted by Gasteiger charge is 2.65. The van der Waals surface area contributed by atoms with Crippen LogP contribution in [0.2, 0.25) is 0 Å². The van der Waals surface area contributed by atoms with Crippen LogP contribution >= 0.6 is 0 Å². The molecule has 3 unspecified atom stereocenters. The minimum atomic E-state index is -0.939. The lowest BCUT2D eigenvalue weighted by Crippen LogP contribution is -2.40. The van der Waals surface area contributed by atoms with Gasteiger partial charge in [-0.1, -0.05) is 66.7 Å². The molecule has 1 aliphatic carbocycles. The second-order valence-corrected chi connectivity index (χ2v) is 10.8. The number of benzene rings is 4. The van der Waals surface area contributed by atoms with Crippen molar-refractivity contribution >= 4 is 27.6 Å². The molecule has 0 fully saturated rings. The van der Waals surface area contributed by atoms with E-state index in [0.29, 0.717) is 11.1 Å². The van der Waals surface area contributed by atoms with Gasteiger partial charge in [0.15, 0.2) is 5.78 Å². The summed E-state index contributed by atoms with van der Waals surface area (Å²) >= 11 is 0. The van der Waals surface area contributed by atoms with Gasteiger partial charge in [-0.25, -0.2) is 8.78 Å². The van der Waals surface area contributed by atoms with Crippen LogP contribution in [-0.2, 0) is 5.54 Å². The van der Waals surface area contributed by atoms with Crippen LogP contribution in [0.25, 0.3) is 21.8 Å². The number of aryl methyl sites for hydroxylation is 2. The Labute approximate surface area is 223 Å². The molecule has 0 radical (unpaired) electrons. The van der Waals surface area contributed by atoms with Crippen molar-refractivity contribution < 1.29 is 13.6 Å². The molecule has 5 heteroatoms. The molecule has 39 heavy (non-hydrogen) atoms. The van der Waals surface area contributed by atoms with Crippen molar-refractivity contribution in [2.75, 3.05) is 0 Å². The second-order valence-electron chi connectivity index (χ2n) is 10.8. The fraction of sp³-hybridized carbons (Fsp3) is 0.147. The average Bonchev–Trinajstić information content (AvgIpc) is 3.62. The van der Waals surface area contributed by atoms with Gasteiger partial charge >= 0.3 is 0 Å². The van der Waals surface area contributed by atoms with Gasteiger partial charge in [0, 0.05) is 45.0 Å². The van der Waals surface area contributed by atoms with E-state index in [1.807, 2.05) is 61.5 Å². The van der Waals surface area contributed by atoms with Crippen LogP contribution in [-0.4, -0.2) is 15.3 Å². The Morgan fingerprint density at radius 1 is 0.821 bits per heavy atom. The normalized spacial score (nSPS) is 21.5. The largest absolute Gasteiger partial charge is 0.356 e. The van der Waals surface area contributed by atoms with Gasteiger partial charge in [-0.2, -0.15) is 0 Å². The molecule has 8 rings (SSSR count). The van der Waals surface area contributed by atoms with Gasteiger partial charge in [-0.05, 0) is 54.3 Å². The molecule has 0 bridgehead atoms. The maximum atomic E-state index is 15.7. The van der Waals surface area contributed by atoms with E-state index in [2.05, 4.69) is 34.7 Å². The zero-order valence-electron chi connectivity index (χ0n) is 21.4. The molecule has 3 atom stereocenters. The molecule has 4 aromatic carbocycles. The molecule has 6 aromatic rings. The molecule has 2 aromatic heterocycles. The Morgan fingerprint density at radius 2 is 1.54 bits per heavy atom. The summed E-state index contributed by atoms with van der Waals surface area (Å²) in [6.45, 7) is 4.14. The molecule has 190 valence electrons. The van der Waals surface area contributed by atoms with Gasteiger partial charge in [-0.15, -0.1) is 0 Å². The lowest BCUT2D eigenvalue weighted by molar-refractivity contribution is 0.0894. The Balaban J connectivity index is 1.61. The molecule has 1 N–H and O–H groups in total. The quantitative estimate of drug-likeness (QED) is 0.252. The van der Waals surface area contributed by atoms with Gasteiger partial charge in [0.2, 0.25) is 0 Å². The van der Waals surface area contributed by atoms with Crippen molar-refractivity contribution in [3.05, 3.63) is 142 Å². The predicted octanol–water partition coefficient (Wildman–Crippen LogP) is 7.77. The Kier molecular flexibility index (Phi) is 4.34. The van der Waals surface area contributed by atoms with E-state index in [0.717, 1.165) is 56.0 Å². The SMILES string of the molecule is Cc1c(C23c4ccccc4C(=O)C2C(c2ccc(F)cc2F)c2c(C)c4ccccc4n23)[nH]c2ccccc12. The first-order valence-electron chi connectivity index (χ1n) is 13.2. The summed E-state index contributed by atoms with van der Waals surface area (Å²) in [7, 11) is 0. The monoisotopic (exact) mass is 514 g/mol. The van der Waals surface area contributed by atoms with Crippen LogP contribution in [0, 0.1) is 31.4 Å². The third-order valence-corrected chi connectivity index (χ3v) is 9.13. The molecule has 3 nitrogen and oxygen atoms in total. The topological polar surface area (TPSA) is 37.8 Å². The third-order valence-electron chi connectivity index (χ3n) is 9.13. The molecule has 0 amide bonds. The van der Waals surface area contributed by atoms with Gasteiger partial charge in [0.1, 0.15) is 17.2 Å². The smallest absolute Gasteiger partial charge is 0.170 e. The number of H-pyrrole nitrogens is 1. The van der Waals surface area contributed by atoms with Crippen LogP contribution in [0.15, 0.2) is 91.0 Å². The van der Waals surface area contributed by atoms with Crippen LogP contribution in [0.1, 0.15) is 49.9 Å². The first-order chi connectivity index (χ1) is 18.9. The van der Waals surface area contributed by atoms with Gasteiger partial charge < -0.3 is 9.55 Å². The number of hydrogen-bond acceptors (Lipinski definition) is 1. The fourth-order valence-electron chi connectivity index (χ4n) is 7.68. The number of fused-ring (bicyclic) bond motifs is 8. The molecule has 0 saturated heterocycles. The third kappa shape index (κ3) is 2.58. The van der Waals surface area contributed by atoms with Gasteiger partial charge in [0.05, 0.1) is 11.6 Å². The number of nitrogens with zero attached hydrogens (tertiary/aromatic N) is 1. The molecule has 0 saturated carbocycles. The van der Waals surface area contributed by atoms with Crippen LogP contribution < -0.4 is 0 Å². The average molecular weight is 515 g/mol. The number of halogens is 2. The number of rotatable bonds is 2. The number of aromatic amines is 1. The van der Waals surface area contributed by atoms with Crippen LogP contribution in [0.3, 0.4) is 0 Å². The fourth-order valence-corrected chi connectivity index (χ4v) is 7.68. The number of nitrogens with one attached hydrogen (secondary N) is 1. The van der Waals surface area contributed by atoms with E-state index >= 15 is 4.39 Å². The summed E-state index contributed by atoms with van der Waals surface area (Å²) in [5.41, 5.74) is 6.82. The van der Waals surface area contributed by atoms with Gasteiger partial charge in [-0.3, -0.25) is 4.79 Å². The summed E-state index contributed by atoms with van der Waals surface area (Å²) in [6, 6.07) is 27.8. The zero-order chi connectivity index (χ0) is 26.6. The summed E-state index contributed by atoms with van der Waals surface area (Å²) in [5.74, 6) is -2.55. The first kappa shape index (κ1) is 22.5. The van der Waals surface area contributed by atoms with Gasteiger partial charge in [0.25, 0.3) is 0 Å². The number of ketones is 1. The number of para-hydroxylation sites is 2. The van der Waals surface area contributed by atoms with E-state index in [1.165, 1.54) is 12.1 Å².